The summed E-state index contributed by atoms with van der Waals surface area (Å²) in [4.78, 5) is 7.38. The minimum absolute atomic E-state index is 0.502. The lowest BCUT2D eigenvalue weighted by Crippen LogP contribution is -2.21. The summed E-state index contributed by atoms with van der Waals surface area (Å²) in [6, 6.07) is 16.1. The molecule has 0 amide bonds. The number of hydrogen-bond donors (Lipinski definition) is 0. The van der Waals surface area contributed by atoms with E-state index in [1.165, 1.54) is 4.70 Å². The minimum atomic E-state index is 0.502. The van der Waals surface area contributed by atoms with Crippen LogP contribution in [0, 0.1) is 4.84 Å². The molecule has 0 spiro atoms. The maximum absolute atomic E-state index is 5.64. The van der Waals surface area contributed by atoms with Gasteiger partial charge in [0.1, 0.15) is 5.01 Å². The number of thiazole rings is 1. The van der Waals surface area contributed by atoms with Crippen molar-refractivity contribution in [3.05, 3.63) is 58.4 Å². The first-order chi connectivity index (χ1) is 11.2. The van der Waals surface area contributed by atoms with E-state index in [-0.39, 0.29) is 0 Å². The zero-order chi connectivity index (χ0) is 15.8. The molecule has 4 rings (SSSR count). The van der Waals surface area contributed by atoms with Gasteiger partial charge in [-0.2, -0.15) is 0 Å². The molecule has 2 heterocycles. The Balaban J connectivity index is 1.58. The van der Waals surface area contributed by atoms with Gasteiger partial charge < -0.3 is 4.42 Å². The van der Waals surface area contributed by atoms with Crippen molar-refractivity contribution < 1.29 is 4.42 Å². The highest BCUT2D eigenvalue weighted by Gasteiger charge is 2.10. The third-order valence-electron chi connectivity index (χ3n) is 3.70. The number of fused-ring (bicyclic) bond motifs is 2. The lowest BCUT2D eigenvalue weighted by atomic mass is 10.3. The normalized spacial score (nSPS) is 11.7. The molecule has 0 aliphatic rings. The number of hydrogen-bond acceptors (Lipinski definition) is 5. The van der Waals surface area contributed by atoms with E-state index in [4.69, 9.17) is 16.6 Å². The number of nitrogens with zero attached hydrogens (tertiary/aromatic N) is 3. The van der Waals surface area contributed by atoms with Crippen molar-refractivity contribution in [2.24, 2.45) is 0 Å². The predicted molar refractivity (Wildman–Crippen MR) is 96.1 cm³/mol. The quantitative estimate of drug-likeness (QED) is 0.506. The first kappa shape index (κ1) is 14.6. The van der Waals surface area contributed by atoms with E-state index in [0.29, 0.717) is 11.5 Å². The molecule has 0 fully saturated rings. The summed E-state index contributed by atoms with van der Waals surface area (Å²) in [5, 5.41) is 1.10. The van der Waals surface area contributed by atoms with E-state index >= 15 is 0 Å². The van der Waals surface area contributed by atoms with E-state index in [9.17, 15) is 0 Å². The second kappa shape index (κ2) is 5.88. The van der Waals surface area contributed by atoms with Crippen molar-refractivity contribution in [1.82, 2.24) is 14.5 Å². The molecule has 4 nitrogen and oxygen atoms in total. The van der Waals surface area contributed by atoms with Crippen molar-refractivity contribution in [2.45, 2.75) is 13.2 Å². The zero-order valence-corrected chi connectivity index (χ0v) is 14.2. The van der Waals surface area contributed by atoms with Gasteiger partial charge in [-0.1, -0.05) is 24.3 Å². The maximum atomic E-state index is 5.64. The lowest BCUT2D eigenvalue weighted by Gasteiger charge is -2.15. The molecule has 4 aromatic rings. The van der Waals surface area contributed by atoms with Crippen molar-refractivity contribution in [2.75, 3.05) is 7.05 Å². The van der Waals surface area contributed by atoms with Crippen LogP contribution in [-0.4, -0.2) is 21.5 Å². The zero-order valence-electron chi connectivity index (χ0n) is 12.6. The summed E-state index contributed by atoms with van der Waals surface area (Å²) in [6.45, 7) is 1.45. The molecular weight excluding hydrogens is 326 g/mol. The molecule has 6 heteroatoms. The van der Waals surface area contributed by atoms with E-state index in [0.717, 1.165) is 28.2 Å². The van der Waals surface area contributed by atoms with Crippen LogP contribution in [-0.2, 0) is 13.2 Å². The van der Waals surface area contributed by atoms with Gasteiger partial charge in [-0.05, 0) is 43.5 Å². The average Bonchev–Trinajstić information content (AvgIpc) is 3.08. The highest BCUT2D eigenvalue weighted by atomic mass is 32.1. The fourth-order valence-electron chi connectivity index (χ4n) is 2.66. The van der Waals surface area contributed by atoms with Gasteiger partial charge in [-0.3, -0.25) is 9.47 Å². The summed E-state index contributed by atoms with van der Waals surface area (Å²) < 4.78 is 8.87. The topological polar surface area (TPSA) is 34.2 Å². The van der Waals surface area contributed by atoms with Gasteiger partial charge in [0.15, 0.2) is 5.58 Å². The van der Waals surface area contributed by atoms with Crippen LogP contribution in [0.2, 0.25) is 0 Å². The highest BCUT2D eigenvalue weighted by Crippen LogP contribution is 2.23. The van der Waals surface area contributed by atoms with Crippen LogP contribution in [0.15, 0.2) is 52.9 Å². The summed E-state index contributed by atoms with van der Waals surface area (Å²) in [7, 11) is 2.07. The van der Waals surface area contributed by atoms with Crippen LogP contribution in [0.4, 0.5) is 0 Å². The first-order valence-electron chi connectivity index (χ1n) is 7.32. The molecule has 0 radical (unpaired) electrons. The van der Waals surface area contributed by atoms with Gasteiger partial charge in [0.05, 0.1) is 28.9 Å². The van der Waals surface area contributed by atoms with Crippen molar-refractivity contribution >= 4 is 44.9 Å². The molecule has 0 N–H and O–H groups in total. The Hall–Kier alpha value is -2.02. The lowest BCUT2D eigenvalue weighted by molar-refractivity contribution is 0.257. The van der Waals surface area contributed by atoms with Gasteiger partial charge in [0, 0.05) is 0 Å². The van der Waals surface area contributed by atoms with Gasteiger partial charge in [0.25, 0.3) is 4.84 Å². The maximum Gasteiger partial charge on any atom is 0.270 e. The van der Waals surface area contributed by atoms with Gasteiger partial charge in [-0.15, -0.1) is 11.3 Å². The van der Waals surface area contributed by atoms with Crippen molar-refractivity contribution in [3.8, 4) is 0 Å². The number of benzene rings is 2. The fraction of sp³-hybridized carbons (Fsp3) is 0.176. The molecule has 0 aliphatic heterocycles. The fourth-order valence-corrected chi connectivity index (χ4v) is 3.95. The van der Waals surface area contributed by atoms with Gasteiger partial charge in [-0.25, -0.2) is 4.98 Å². The molecule has 0 saturated carbocycles. The summed E-state index contributed by atoms with van der Waals surface area (Å²) in [6.07, 6.45) is 0. The first-order valence-corrected chi connectivity index (χ1v) is 8.54. The molecular formula is C17H15N3OS2. The number of rotatable bonds is 4. The number of para-hydroxylation sites is 3. The number of oxazole rings is 1. The van der Waals surface area contributed by atoms with Crippen LogP contribution < -0.4 is 0 Å². The molecule has 0 unspecified atom stereocenters. The Morgan fingerprint density at radius 1 is 1.17 bits per heavy atom. The van der Waals surface area contributed by atoms with E-state index in [2.05, 4.69) is 29.1 Å². The third kappa shape index (κ3) is 2.81. The van der Waals surface area contributed by atoms with Crippen molar-refractivity contribution in [1.29, 1.82) is 0 Å². The Morgan fingerprint density at radius 2 is 1.96 bits per heavy atom. The Morgan fingerprint density at radius 3 is 2.83 bits per heavy atom. The van der Waals surface area contributed by atoms with Crippen LogP contribution in [0.3, 0.4) is 0 Å². The molecule has 0 saturated heterocycles. The number of aromatic nitrogens is 2. The van der Waals surface area contributed by atoms with E-state index < -0.39 is 0 Å². The minimum Gasteiger partial charge on any atom is -0.429 e. The largest absolute Gasteiger partial charge is 0.429 e. The van der Waals surface area contributed by atoms with E-state index in [1.807, 2.05) is 41.0 Å². The molecule has 116 valence electrons. The Labute approximate surface area is 142 Å². The molecule has 0 aliphatic carbocycles. The molecule has 2 aromatic carbocycles. The molecule has 0 bridgehead atoms. The van der Waals surface area contributed by atoms with Crippen LogP contribution in [0.25, 0.3) is 21.3 Å². The predicted octanol–water partition coefficient (Wildman–Crippen LogP) is 4.66. The summed E-state index contributed by atoms with van der Waals surface area (Å²) in [5.74, 6) is 0. The standard InChI is InChI=1S/C17H15N3OS2/c1-19(10-16-18-12-6-2-5-9-15(12)23-16)11-20-13-7-3-4-8-14(13)21-17(20)22/h2-9H,10-11H2,1H3. The second-order valence-corrected chi connectivity index (χ2v) is 6.96. The van der Waals surface area contributed by atoms with Crippen LogP contribution in [0.5, 0.6) is 0 Å². The second-order valence-electron chi connectivity index (χ2n) is 5.49. The Kier molecular flexibility index (Phi) is 3.72. The third-order valence-corrected chi connectivity index (χ3v) is 5.02. The molecule has 2 aromatic heterocycles. The van der Waals surface area contributed by atoms with Crippen LogP contribution in [0.1, 0.15) is 5.01 Å². The van der Waals surface area contributed by atoms with Crippen molar-refractivity contribution in [3.63, 3.8) is 0 Å². The summed E-state index contributed by atoms with van der Waals surface area (Å²) in [5.41, 5.74) is 2.91. The van der Waals surface area contributed by atoms with Gasteiger partial charge >= 0.3 is 0 Å². The molecule has 23 heavy (non-hydrogen) atoms. The summed E-state index contributed by atoms with van der Waals surface area (Å²) >= 11 is 7.08. The Bertz CT molecular complexity index is 998. The van der Waals surface area contributed by atoms with Gasteiger partial charge in [0.2, 0.25) is 0 Å². The monoisotopic (exact) mass is 341 g/mol. The smallest absolute Gasteiger partial charge is 0.270 e. The highest BCUT2D eigenvalue weighted by molar-refractivity contribution is 7.71. The molecule has 0 atom stereocenters. The van der Waals surface area contributed by atoms with E-state index in [1.54, 1.807) is 11.3 Å². The average molecular weight is 341 g/mol. The van der Waals surface area contributed by atoms with Crippen LogP contribution >= 0.6 is 23.6 Å². The SMILES string of the molecule is CN(Cc1nc2ccccc2s1)Cn1c(=S)oc2ccccc21.